The largest absolute Gasteiger partial charge is 0.0859 e. The molecule has 0 amide bonds. The van der Waals surface area contributed by atoms with Gasteiger partial charge in [-0.2, -0.15) is 0 Å². The molecule has 0 spiro atoms. The topological polar surface area (TPSA) is 0 Å². The van der Waals surface area contributed by atoms with E-state index in [9.17, 15) is 0 Å². The van der Waals surface area contributed by atoms with E-state index in [0.29, 0.717) is 0 Å². The van der Waals surface area contributed by atoms with Crippen molar-refractivity contribution in [3.63, 3.8) is 0 Å². The van der Waals surface area contributed by atoms with Gasteiger partial charge in [0, 0.05) is 0 Å². The van der Waals surface area contributed by atoms with Crippen LogP contribution in [-0.4, -0.2) is 0 Å². The summed E-state index contributed by atoms with van der Waals surface area (Å²) < 4.78 is 0. The number of hydrogen-bond donors (Lipinski definition) is 0. The van der Waals surface area contributed by atoms with Crippen molar-refractivity contribution in [3.05, 3.63) is 46.6 Å². The molecule has 0 radical (unpaired) electrons. The van der Waals surface area contributed by atoms with Gasteiger partial charge in [0.05, 0.1) is 0 Å². The van der Waals surface area contributed by atoms with Gasteiger partial charge in [-0.05, 0) is 79.6 Å². The fourth-order valence-corrected chi connectivity index (χ4v) is 2.34. The first-order valence-electron chi connectivity index (χ1n) is 8.56. The first-order chi connectivity index (χ1) is 9.95. The van der Waals surface area contributed by atoms with Crippen molar-refractivity contribution in [2.24, 2.45) is 0 Å². The van der Waals surface area contributed by atoms with Crippen LogP contribution in [-0.2, 0) is 0 Å². The first kappa shape index (κ1) is 20.0. The molecule has 0 unspecified atom stereocenters. The molecule has 0 fully saturated rings. The molecule has 0 bridgehead atoms. The zero-order chi connectivity index (χ0) is 16.1. The lowest BCUT2D eigenvalue weighted by Gasteiger charge is -2.02. The SMILES string of the molecule is CC/C=C(\C)CC/C=C(/C)CC/C=C(/C)CCC=C(C)C. The third-order valence-electron chi connectivity index (χ3n) is 3.71. The lowest BCUT2D eigenvalue weighted by molar-refractivity contribution is 0.897. The summed E-state index contributed by atoms with van der Waals surface area (Å²) in [5.41, 5.74) is 6.01. The van der Waals surface area contributed by atoms with E-state index in [1.807, 2.05) is 0 Å². The molecule has 0 heterocycles. The standard InChI is InChI=1S/C21H36/c1-7-11-19(4)14-9-15-21(6)17-10-16-20(5)13-8-12-18(2)3/h11-12,15-16H,7-10,13-14,17H2,1-6H3/b19-11+,20-16-,21-15-. The van der Waals surface area contributed by atoms with Gasteiger partial charge in [-0.25, -0.2) is 0 Å². The van der Waals surface area contributed by atoms with Crippen molar-refractivity contribution >= 4 is 0 Å². The Hall–Kier alpha value is -1.04. The Morgan fingerprint density at radius 3 is 1.33 bits per heavy atom. The van der Waals surface area contributed by atoms with Crippen LogP contribution in [0.3, 0.4) is 0 Å². The van der Waals surface area contributed by atoms with Gasteiger partial charge in [-0.15, -0.1) is 0 Å². The van der Waals surface area contributed by atoms with Crippen LogP contribution >= 0.6 is 0 Å². The summed E-state index contributed by atoms with van der Waals surface area (Å²) in [6.07, 6.45) is 17.8. The minimum absolute atomic E-state index is 1.16. The number of hydrogen-bond acceptors (Lipinski definition) is 0. The molecular weight excluding hydrogens is 252 g/mol. The molecule has 0 nitrogen and oxygen atoms in total. The molecule has 0 aliphatic carbocycles. The summed E-state index contributed by atoms with van der Waals surface area (Å²) in [4.78, 5) is 0. The highest BCUT2D eigenvalue weighted by Gasteiger charge is 1.93. The van der Waals surface area contributed by atoms with Crippen molar-refractivity contribution in [3.8, 4) is 0 Å². The molecule has 0 aromatic carbocycles. The van der Waals surface area contributed by atoms with E-state index in [1.54, 1.807) is 0 Å². The van der Waals surface area contributed by atoms with Crippen molar-refractivity contribution in [2.75, 3.05) is 0 Å². The summed E-state index contributed by atoms with van der Waals surface area (Å²) in [7, 11) is 0. The Bertz CT molecular complexity index is 384. The maximum absolute atomic E-state index is 2.42. The average Bonchev–Trinajstić information content (AvgIpc) is 2.38. The summed E-state index contributed by atoms with van der Waals surface area (Å²) in [6, 6.07) is 0. The van der Waals surface area contributed by atoms with Crippen LogP contribution in [0.15, 0.2) is 46.6 Å². The zero-order valence-electron chi connectivity index (χ0n) is 15.3. The highest BCUT2D eigenvalue weighted by Crippen LogP contribution is 2.13. The minimum atomic E-state index is 1.16. The smallest absolute Gasteiger partial charge is 0.0288 e. The van der Waals surface area contributed by atoms with E-state index < -0.39 is 0 Å². The number of rotatable bonds is 10. The van der Waals surface area contributed by atoms with Crippen LogP contribution in [0.1, 0.15) is 86.5 Å². The highest BCUT2D eigenvalue weighted by atomic mass is 14.0. The van der Waals surface area contributed by atoms with Gasteiger partial charge in [0.1, 0.15) is 0 Å². The van der Waals surface area contributed by atoms with Gasteiger partial charge in [-0.3, -0.25) is 0 Å². The monoisotopic (exact) mass is 288 g/mol. The molecule has 0 saturated heterocycles. The maximum atomic E-state index is 2.42. The van der Waals surface area contributed by atoms with Crippen LogP contribution < -0.4 is 0 Å². The Kier molecular flexibility index (Phi) is 12.1. The molecule has 0 aromatic rings. The second-order valence-corrected chi connectivity index (χ2v) is 6.46. The van der Waals surface area contributed by atoms with Crippen LogP contribution in [0.25, 0.3) is 0 Å². The van der Waals surface area contributed by atoms with E-state index in [4.69, 9.17) is 0 Å². The van der Waals surface area contributed by atoms with Crippen molar-refractivity contribution in [1.29, 1.82) is 0 Å². The molecule has 120 valence electrons. The quantitative estimate of drug-likeness (QED) is 0.364. The van der Waals surface area contributed by atoms with Gasteiger partial charge in [0.15, 0.2) is 0 Å². The van der Waals surface area contributed by atoms with Gasteiger partial charge in [0.25, 0.3) is 0 Å². The Balaban J connectivity index is 3.93. The van der Waals surface area contributed by atoms with Gasteiger partial charge in [0.2, 0.25) is 0 Å². The Labute approximate surface area is 133 Å². The van der Waals surface area contributed by atoms with E-state index in [2.05, 4.69) is 65.8 Å². The average molecular weight is 289 g/mol. The molecule has 0 heteroatoms. The fraction of sp³-hybridized carbons (Fsp3) is 0.619. The second-order valence-electron chi connectivity index (χ2n) is 6.46. The van der Waals surface area contributed by atoms with Crippen molar-refractivity contribution in [1.82, 2.24) is 0 Å². The Morgan fingerprint density at radius 1 is 0.571 bits per heavy atom. The maximum Gasteiger partial charge on any atom is -0.0288 e. The summed E-state index contributed by atoms with van der Waals surface area (Å²) in [5, 5.41) is 0. The first-order valence-corrected chi connectivity index (χ1v) is 8.56. The van der Waals surface area contributed by atoms with Crippen molar-refractivity contribution in [2.45, 2.75) is 86.5 Å². The molecule has 0 N–H and O–H groups in total. The Morgan fingerprint density at radius 2 is 0.952 bits per heavy atom. The van der Waals surface area contributed by atoms with Gasteiger partial charge >= 0.3 is 0 Å². The van der Waals surface area contributed by atoms with E-state index in [-0.39, 0.29) is 0 Å². The van der Waals surface area contributed by atoms with E-state index in [0.717, 1.165) is 6.42 Å². The summed E-state index contributed by atoms with van der Waals surface area (Å²) in [5.74, 6) is 0. The lowest BCUT2D eigenvalue weighted by atomic mass is 10.0. The number of allylic oxidation sites excluding steroid dienone is 8. The van der Waals surface area contributed by atoms with E-state index in [1.165, 1.54) is 60.8 Å². The minimum Gasteiger partial charge on any atom is -0.0859 e. The predicted molar refractivity (Wildman–Crippen MR) is 98.7 cm³/mol. The third kappa shape index (κ3) is 13.7. The van der Waals surface area contributed by atoms with Crippen molar-refractivity contribution < 1.29 is 0 Å². The van der Waals surface area contributed by atoms with Crippen LogP contribution in [0.4, 0.5) is 0 Å². The molecule has 0 atom stereocenters. The third-order valence-corrected chi connectivity index (χ3v) is 3.71. The molecule has 0 rings (SSSR count). The van der Waals surface area contributed by atoms with Gasteiger partial charge < -0.3 is 0 Å². The van der Waals surface area contributed by atoms with Crippen LogP contribution in [0.2, 0.25) is 0 Å². The normalized spacial score (nSPS) is 13.5. The molecule has 0 aliphatic rings. The lowest BCUT2D eigenvalue weighted by Crippen LogP contribution is -1.82. The fourth-order valence-electron chi connectivity index (χ4n) is 2.34. The zero-order valence-corrected chi connectivity index (χ0v) is 15.3. The molecule has 21 heavy (non-hydrogen) atoms. The molecular formula is C21H36. The van der Waals surface area contributed by atoms with Crippen LogP contribution in [0, 0.1) is 0 Å². The van der Waals surface area contributed by atoms with E-state index >= 15 is 0 Å². The highest BCUT2D eigenvalue weighted by molar-refractivity contribution is 5.06. The second kappa shape index (κ2) is 12.7. The van der Waals surface area contributed by atoms with Gasteiger partial charge in [-0.1, -0.05) is 53.5 Å². The summed E-state index contributed by atoms with van der Waals surface area (Å²) >= 11 is 0. The van der Waals surface area contributed by atoms with Crippen LogP contribution in [0.5, 0.6) is 0 Å². The molecule has 0 saturated carbocycles. The predicted octanol–water partition coefficient (Wildman–Crippen LogP) is 7.54. The molecule has 0 aliphatic heterocycles. The molecule has 0 aromatic heterocycles. The summed E-state index contributed by atoms with van der Waals surface area (Å²) in [6.45, 7) is 13.3.